The molecular formula is C22H35Cl2N3O. The van der Waals surface area contributed by atoms with Crippen molar-refractivity contribution in [2.45, 2.75) is 39.2 Å². The number of hydrogen-bond donors (Lipinski definition) is 2. The van der Waals surface area contributed by atoms with E-state index in [1.54, 1.807) is 0 Å². The summed E-state index contributed by atoms with van der Waals surface area (Å²) < 4.78 is 0. The highest BCUT2D eigenvalue weighted by atomic mass is 35.5. The summed E-state index contributed by atoms with van der Waals surface area (Å²) in [5.74, 6) is 0.741. The minimum Gasteiger partial charge on any atom is -0.337 e. The lowest BCUT2D eigenvalue weighted by molar-refractivity contribution is -0.133. The zero-order valence-electron chi connectivity index (χ0n) is 17.0. The van der Waals surface area contributed by atoms with E-state index in [0.717, 1.165) is 32.6 Å². The number of carbonyl (C=O) groups is 1. The van der Waals surface area contributed by atoms with Gasteiger partial charge in [0, 0.05) is 19.6 Å². The highest BCUT2D eigenvalue weighted by Gasteiger charge is 2.43. The van der Waals surface area contributed by atoms with Crippen molar-refractivity contribution >= 4 is 36.8 Å². The van der Waals surface area contributed by atoms with E-state index < -0.39 is 0 Å². The molecule has 2 N–H and O–H groups in total. The molecule has 1 atom stereocenters. The maximum absolute atomic E-state index is 13.2. The number of halogens is 2. The van der Waals surface area contributed by atoms with Crippen LogP contribution in [0.25, 0.3) is 6.08 Å². The van der Waals surface area contributed by atoms with E-state index in [-0.39, 0.29) is 36.8 Å². The van der Waals surface area contributed by atoms with Crippen LogP contribution in [-0.4, -0.2) is 49.6 Å². The van der Waals surface area contributed by atoms with E-state index in [0.29, 0.717) is 17.9 Å². The molecule has 1 spiro atoms. The second-order valence-electron chi connectivity index (χ2n) is 8.34. The number of benzene rings is 1. The molecule has 2 fully saturated rings. The van der Waals surface area contributed by atoms with Crippen LogP contribution < -0.4 is 10.6 Å². The number of nitrogens with zero attached hydrogens (tertiary/aromatic N) is 1. The molecule has 2 saturated heterocycles. The van der Waals surface area contributed by atoms with Gasteiger partial charge in [-0.25, -0.2) is 0 Å². The molecule has 2 heterocycles. The number of piperidine rings is 1. The fourth-order valence-corrected chi connectivity index (χ4v) is 4.23. The van der Waals surface area contributed by atoms with Crippen molar-refractivity contribution < 1.29 is 4.79 Å². The second kappa shape index (κ2) is 11.8. The van der Waals surface area contributed by atoms with Crippen LogP contribution in [-0.2, 0) is 4.79 Å². The third-order valence-corrected chi connectivity index (χ3v) is 5.66. The lowest BCUT2D eigenvalue weighted by Gasteiger charge is -2.33. The number of amides is 1. The van der Waals surface area contributed by atoms with Gasteiger partial charge in [0.25, 0.3) is 0 Å². The molecular weight excluding hydrogens is 393 g/mol. The summed E-state index contributed by atoms with van der Waals surface area (Å²) in [5, 5.41) is 6.98. The fourth-order valence-electron chi connectivity index (χ4n) is 4.23. The molecule has 1 aromatic carbocycles. The Kier molecular flexibility index (Phi) is 10.5. The minimum atomic E-state index is -0.0167. The molecule has 0 bridgehead atoms. The predicted molar refractivity (Wildman–Crippen MR) is 122 cm³/mol. The van der Waals surface area contributed by atoms with Crippen LogP contribution >= 0.6 is 24.8 Å². The Hall–Kier alpha value is -1.07. The Labute approximate surface area is 182 Å². The summed E-state index contributed by atoms with van der Waals surface area (Å²) in [6.45, 7) is 9.00. The maximum Gasteiger partial charge on any atom is 0.240 e. The van der Waals surface area contributed by atoms with Gasteiger partial charge in [-0.3, -0.25) is 4.79 Å². The Morgan fingerprint density at radius 2 is 1.89 bits per heavy atom. The number of rotatable bonds is 6. The summed E-state index contributed by atoms with van der Waals surface area (Å²) in [7, 11) is 0. The average Bonchev–Trinajstić information content (AvgIpc) is 3.05. The highest BCUT2D eigenvalue weighted by Crippen LogP contribution is 2.37. The molecule has 4 nitrogen and oxygen atoms in total. The van der Waals surface area contributed by atoms with E-state index >= 15 is 0 Å². The predicted octanol–water partition coefficient (Wildman–Crippen LogP) is 3.76. The molecule has 0 aromatic heterocycles. The molecule has 0 radical (unpaired) electrons. The largest absolute Gasteiger partial charge is 0.337 e. The minimum absolute atomic E-state index is 0. The summed E-state index contributed by atoms with van der Waals surface area (Å²) in [5.41, 5.74) is 1.51. The van der Waals surface area contributed by atoms with Crippen molar-refractivity contribution in [3.63, 3.8) is 0 Å². The molecule has 0 aliphatic carbocycles. The van der Waals surface area contributed by atoms with Crippen molar-refractivity contribution in [2.24, 2.45) is 11.3 Å². The second-order valence-corrected chi connectivity index (χ2v) is 8.34. The van der Waals surface area contributed by atoms with E-state index in [4.69, 9.17) is 0 Å². The van der Waals surface area contributed by atoms with Crippen LogP contribution in [0.15, 0.2) is 36.4 Å². The standard InChI is InChI=1S/C22H33N3O.2ClH/c1-18(2)16-25(14-6-9-19-7-4-3-5-8-19)21(26)20-15-22(17-24-20)10-12-23-13-11-22;;/h3-9,18,20,23-24H,10-17H2,1-2H3;2*1H. The molecule has 0 saturated carbocycles. The van der Waals surface area contributed by atoms with E-state index in [1.165, 1.54) is 18.4 Å². The summed E-state index contributed by atoms with van der Waals surface area (Å²) in [6.07, 6.45) is 7.58. The van der Waals surface area contributed by atoms with Crippen molar-refractivity contribution in [3.05, 3.63) is 42.0 Å². The molecule has 28 heavy (non-hydrogen) atoms. The zero-order chi connectivity index (χ0) is 18.4. The van der Waals surface area contributed by atoms with Crippen LogP contribution in [0.2, 0.25) is 0 Å². The van der Waals surface area contributed by atoms with Crippen LogP contribution in [0.4, 0.5) is 0 Å². The van der Waals surface area contributed by atoms with Gasteiger partial charge in [-0.15, -0.1) is 24.8 Å². The van der Waals surface area contributed by atoms with Gasteiger partial charge in [-0.05, 0) is 49.2 Å². The van der Waals surface area contributed by atoms with Crippen LogP contribution in [0, 0.1) is 11.3 Å². The average molecular weight is 428 g/mol. The first kappa shape index (κ1) is 25.0. The van der Waals surface area contributed by atoms with Gasteiger partial charge in [0.15, 0.2) is 0 Å². The topological polar surface area (TPSA) is 44.4 Å². The Bertz CT molecular complexity index is 615. The highest BCUT2D eigenvalue weighted by molar-refractivity contribution is 5.85. The Morgan fingerprint density at radius 1 is 1.21 bits per heavy atom. The third kappa shape index (κ3) is 6.77. The van der Waals surface area contributed by atoms with Crippen molar-refractivity contribution in [1.29, 1.82) is 0 Å². The molecule has 1 aromatic rings. The molecule has 2 aliphatic heterocycles. The zero-order valence-corrected chi connectivity index (χ0v) is 18.7. The fraction of sp³-hybridized carbons (Fsp3) is 0.591. The quantitative estimate of drug-likeness (QED) is 0.725. The number of hydrogen-bond acceptors (Lipinski definition) is 3. The first-order valence-corrected chi connectivity index (χ1v) is 10.0. The summed E-state index contributed by atoms with van der Waals surface area (Å²) >= 11 is 0. The number of nitrogens with one attached hydrogen (secondary N) is 2. The van der Waals surface area contributed by atoms with Crippen LogP contribution in [0.1, 0.15) is 38.7 Å². The van der Waals surface area contributed by atoms with Gasteiger partial charge >= 0.3 is 0 Å². The molecule has 2 aliphatic rings. The molecule has 158 valence electrons. The van der Waals surface area contributed by atoms with Gasteiger partial charge in [-0.1, -0.05) is 56.3 Å². The molecule has 1 unspecified atom stereocenters. The SMILES string of the molecule is CC(C)CN(CC=Cc1ccccc1)C(=O)C1CC2(CCNCC2)CN1.Cl.Cl. The first-order chi connectivity index (χ1) is 12.6. The van der Waals surface area contributed by atoms with E-state index in [9.17, 15) is 4.79 Å². The van der Waals surface area contributed by atoms with Gasteiger partial charge in [-0.2, -0.15) is 0 Å². The lowest BCUT2D eigenvalue weighted by atomic mass is 9.77. The van der Waals surface area contributed by atoms with Gasteiger partial charge in [0.1, 0.15) is 0 Å². The van der Waals surface area contributed by atoms with Crippen molar-refractivity contribution in [1.82, 2.24) is 15.5 Å². The van der Waals surface area contributed by atoms with E-state index in [1.807, 2.05) is 23.1 Å². The van der Waals surface area contributed by atoms with Crippen molar-refractivity contribution in [3.8, 4) is 0 Å². The van der Waals surface area contributed by atoms with Gasteiger partial charge in [0.05, 0.1) is 6.04 Å². The van der Waals surface area contributed by atoms with E-state index in [2.05, 4.69) is 48.8 Å². The third-order valence-electron chi connectivity index (χ3n) is 5.66. The smallest absolute Gasteiger partial charge is 0.240 e. The summed E-state index contributed by atoms with van der Waals surface area (Å²) in [4.78, 5) is 15.2. The molecule has 1 amide bonds. The first-order valence-electron chi connectivity index (χ1n) is 10.0. The normalized spacial score (nSPS) is 20.8. The Morgan fingerprint density at radius 3 is 2.54 bits per heavy atom. The lowest BCUT2D eigenvalue weighted by Crippen LogP contribution is -2.45. The molecule has 6 heteroatoms. The summed E-state index contributed by atoms with van der Waals surface area (Å²) in [6, 6.07) is 10.3. The monoisotopic (exact) mass is 427 g/mol. The number of carbonyl (C=O) groups excluding carboxylic acids is 1. The Balaban J connectivity index is 0.00000196. The van der Waals surface area contributed by atoms with Crippen molar-refractivity contribution in [2.75, 3.05) is 32.7 Å². The van der Waals surface area contributed by atoms with Crippen LogP contribution in [0.5, 0.6) is 0 Å². The van der Waals surface area contributed by atoms with Gasteiger partial charge in [0.2, 0.25) is 5.91 Å². The maximum atomic E-state index is 13.2. The molecule has 3 rings (SSSR count). The van der Waals surface area contributed by atoms with Gasteiger partial charge < -0.3 is 15.5 Å². The van der Waals surface area contributed by atoms with Crippen LogP contribution in [0.3, 0.4) is 0 Å².